The number of carbonyl (C=O) groups excluding carboxylic acids is 2. The zero-order chi connectivity index (χ0) is 17.3. The van der Waals surface area contributed by atoms with Gasteiger partial charge in [-0.25, -0.2) is 0 Å². The van der Waals surface area contributed by atoms with Gasteiger partial charge in [0.1, 0.15) is 11.4 Å². The predicted molar refractivity (Wildman–Crippen MR) is 89.2 cm³/mol. The molecule has 0 aliphatic heterocycles. The van der Waals surface area contributed by atoms with Gasteiger partial charge in [-0.2, -0.15) is 5.06 Å². The first-order valence-electron chi connectivity index (χ1n) is 7.13. The molecule has 4 N–H and O–H groups in total. The molecule has 0 saturated heterocycles. The van der Waals surface area contributed by atoms with E-state index >= 15 is 0 Å². The van der Waals surface area contributed by atoms with Crippen molar-refractivity contribution in [3.05, 3.63) is 71.8 Å². The summed E-state index contributed by atoms with van der Waals surface area (Å²) in [5.41, 5.74) is 5.10. The average molecular weight is 322 g/mol. The van der Waals surface area contributed by atoms with E-state index in [1.165, 1.54) is 24.3 Å². The van der Waals surface area contributed by atoms with Gasteiger partial charge in [0.05, 0.1) is 11.1 Å². The highest BCUT2D eigenvalue weighted by Gasteiger charge is 2.23. The molecule has 3 aromatic carbocycles. The lowest BCUT2D eigenvalue weighted by atomic mass is 10.1. The highest BCUT2D eigenvalue weighted by molar-refractivity contribution is 6.12. The molecule has 0 saturated carbocycles. The van der Waals surface area contributed by atoms with Crippen LogP contribution in [0.25, 0.3) is 10.8 Å². The maximum absolute atomic E-state index is 12.5. The van der Waals surface area contributed by atoms with E-state index in [1.807, 2.05) is 6.07 Å². The third kappa shape index (κ3) is 2.66. The number of fused-ring (bicyclic) bond motifs is 1. The number of nitrogens with two attached hydrogens (primary N) is 1. The Balaban J connectivity index is 2.06. The fourth-order valence-corrected chi connectivity index (χ4v) is 2.49. The number of hydrogen-bond acceptors (Lipinski definition) is 4. The highest BCUT2D eigenvalue weighted by Crippen LogP contribution is 2.32. The summed E-state index contributed by atoms with van der Waals surface area (Å²) in [5.74, 6) is -1.91. The summed E-state index contributed by atoms with van der Waals surface area (Å²) in [4.78, 5) is 24.0. The molecule has 0 bridgehead atoms. The summed E-state index contributed by atoms with van der Waals surface area (Å²) >= 11 is 0. The third-order valence-corrected chi connectivity index (χ3v) is 3.69. The van der Waals surface area contributed by atoms with Gasteiger partial charge in [0.25, 0.3) is 5.91 Å². The number of carbonyl (C=O) groups is 2. The lowest BCUT2D eigenvalue weighted by Gasteiger charge is -2.18. The number of phenolic OH excluding ortho intramolecular Hbond substituents is 1. The van der Waals surface area contributed by atoms with Gasteiger partial charge >= 0.3 is 0 Å². The summed E-state index contributed by atoms with van der Waals surface area (Å²) in [5, 5.41) is 22.2. The van der Waals surface area contributed by atoms with Crippen LogP contribution in [0.5, 0.6) is 5.75 Å². The Labute approximate surface area is 137 Å². The van der Waals surface area contributed by atoms with Crippen LogP contribution in [0, 0.1) is 0 Å². The fourth-order valence-electron chi connectivity index (χ4n) is 2.49. The molecular formula is C18H14N2O4. The lowest BCUT2D eigenvalue weighted by molar-refractivity contribution is 0.0846. The molecule has 120 valence electrons. The molecule has 0 radical (unpaired) electrons. The van der Waals surface area contributed by atoms with E-state index in [1.54, 1.807) is 30.3 Å². The predicted octanol–water partition coefficient (Wildman–Crippen LogP) is 2.68. The van der Waals surface area contributed by atoms with Gasteiger partial charge in [0, 0.05) is 0 Å². The standard InChI is InChI=1S/C18H14N2O4/c19-17(22)13-7-3-4-8-14(13)18(23)20(24)15-9-11-5-1-2-6-12(11)10-16(15)21/h1-10,21,24H,(H2,19,22). The smallest absolute Gasteiger partial charge is 0.282 e. The van der Waals surface area contributed by atoms with E-state index in [-0.39, 0.29) is 22.6 Å². The van der Waals surface area contributed by atoms with Crippen molar-refractivity contribution in [2.75, 3.05) is 5.06 Å². The maximum atomic E-state index is 12.5. The van der Waals surface area contributed by atoms with Crippen molar-refractivity contribution < 1.29 is 19.9 Å². The minimum atomic E-state index is -0.866. The van der Waals surface area contributed by atoms with Crippen LogP contribution in [0.15, 0.2) is 60.7 Å². The van der Waals surface area contributed by atoms with E-state index in [0.29, 0.717) is 5.06 Å². The second-order valence-corrected chi connectivity index (χ2v) is 5.21. The van der Waals surface area contributed by atoms with Crippen LogP contribution in [0.1, 0.15) is 20.7 Å². The SMILES string of the molecule is NC(=O)c1ccccc1C(=O)N(O)c1cc2ccccc2cc1O. The van der Waals surface area contributed by atoms with Gasteiger partial charge in [-0.3, -0.25) is 14.8 Å². The summed E-state index contributed by atoms with van der Waals surface area (Å²) in [7, 11) is 0. The molecular weight excluding hydrogens is 308 g/mol. The Morgan fingerprint density at radius 2 is 1.42 bits per heavy atom. The normalized spacial score (nSPS) is 10.5. The summed E-state index contributed by atoms with van der Waals surface area (Å²) in [6.45, 7) is 0. The van der Waals surface area contributed by atoms with Crippen LogP contribution in [0.3, 0.4) is 0 Å². The molecule has 2 amide bonds. The molecule has 0 unspecified atom stereocenters. The highest BCUT2D eigenvalue weighted by atomic mass is 16.5. The molecule has 0 aliphatic rings. The van der Waals surface area contributed by atoms with E-state index in [4.69, 9.17) is 5.73 Å². The number of rotatable bonds is 3. The first-order chi connectivity index (χ1) is 11.5. The van der Waals surface area contributed by atoms with Crippen molar-refractivity contribution in [2.24, 2.45) is 5.73 Å². The molecule has 0 aromatic heterocycles. The van der Waals surface area contributed by atoms with Crippen LogP contribution in [-0.4, -0.2) is 22.1 Å². The third-order valence-electron chi connectivity index (χ3n) is 3.69. The molecule has 0 aliphatic carbocycles. The summed E-state index contributed by atoms with van der Waals surface area (Å²) < 4.78 is 0. The van der Waals surface area contributed by atoms with Crippen LogP contribution < -0.4 is 10.8 Å². The van der Waals surface area contributed by atoms with Crippen LogP contribution >= 0.6 is 0 Å². The summed E-state index contributed by atoms with van der Waals surface area (Å²) in [6, 6.07) is 16.0. The number of phenols is 1. The molecule has 3 rings (SSSR count). The number of aromatic hydroxyl groups is 1. The maximum Gasteiger partial charge on any atom is 0.282 e. The average Bonchev–Trinajstić information content (AvgIpc) is 2.59. The molecule has 0 fully saturated rings. The second kappa shape index (κ2) is 6.02. The van der Waals surface area contributed by atoms with Crippen molar-refractivity contribution in [3.63, 3.8) is 0 Å². The molecule has 3 aromatic rings. The van der Waals surface area contributed by atoms with Crippen molar-refractivity contribution in [2.45, 2.75) is 0 Å². The number of hydroxylamine groups is 1. The monoisotopic (exact) mass is 322 g/mol. The molecule has 0 atom stereocenters. The Kier molecular flexibility index (Phi) is 3.89. The van der Waals surface area contributed by atoms with E-state index in [9.17, 15) is 19.9 Å². The summed E-state index contributed by atoms with van der Waals surface area (Å²) in [6.07, 6.45) is 0. The number of hydrogen-bond donors (Lipinski definition) is 3. The molecule has 6 heteroatoms. The number of nitrogens with zero attached hydrogens (tertiary/aromatic N) is 1. The molecule has 6 nitrogen and oxygen atoms in total. The largest absolute Gasteiger partial charge is 0.506 e. The Hall–Kier alpha value is -3.38. The zero-order valence-corrected chi connectivity index (χ0v) is 12.5. The molecule has 0 spiro atoms. The Bertz CT molecular complexity index is 953. The van der Waals surface area contributed by atoms with Crippen molar-refractivity contribution in [1.29, 1.82) is 0 Å². The van der Waals surface area contributed by atoms with Crippen LogP contribution in [0.2, 0.25) is 0 Å². The van der Waals surface area contributed by atoms with Crippen molar-refractivity contribution in [1.82, 2.24) is 0 Å². The van der Waals surface area contributed by atoms with E-state index in [2.05, 4.69) is 0 Å². The molecule has 0 heterocycles. The Morgan fingerprint density at radius 3 is 2.04 bits per heavy atom. The Morgan fingerprint density at radius 1 is 0.875 bits per heavy atom. The van der Waals surface area contributed by atoms with Gasteiger partial charge in [-0.05, 0) is 35.0 Å². The van der Waals surface area contributed by atoms with Gasteiger partial charge in [-0.1, -0.05) is 36.4 Å². The van der Waals surface area contributed by atoms with Gasteiger partial charge in [0.2, 0.25) is 5.91 Å². The van der Waals surface area contributed by atoms with Crippen LogP contribution in [-0.2, 0) is 0 Å². The van der Waals surface area contributed by atoms with Crippen molar-refractivity contribution in [3.8, 4) is 5.75 Å². The van der Waals surface area contributed by atoms with Gasteiger partial charge < -0.3 is 10.8 Å². The van der Waals surface area contributed by atoms with Gasteiger partial charge in [-0.15, -0.1) is 0 Å². The van der Waals surface area contributed by atoms with E-state index < -0.39 is 11.8 Å². The zero-order valence-electron chi connectivity index (χ0n) is 12.5. The minimum Gasteiger partial charge on any atom is -0.506 e. The molecule has 24 heavy (non-hydrogen) atoms. The number of benzene rings is 3. The fraction of sp³-hybridized carbons (Fsp3) is 0. The quantitative estimate of drug-likeness (QED) is 0.509. The first-order valence-corrected chi connectivity index (χ1v) is 7.13. The first kappa shape index (κ1) is 15.5. The van der Waals surface area contributed by atoms with Crippen LogP contribution in [0.4, 0.5) is 5.69 Å². The second-order valence-electron chi connectivity index (χ2n) is 5.21. The number of anilines is 1. The minimum absolute atomic E-state index is 0.0122. The van der Waals surface area contributed by atoms with Gasteiger partial charge in [0.15, 0.2) is 0 Å². The number of primary amides is 1. The van der Waals surface area contributed by atoms with Crippen molar-refractivity contribution >= 4 is 28.3 Å². The lowest BCUT2D eigenvalue weighted by Crippen LogP contribution is -2.29. The number of amides is 2. The van der Waals surface area contributed by atoms with E-state index in [0.717, 1.165) is 10.8 Å². The topological polar surface area (TPSA) is 104 Å².